The lowest BCUT2D eigenvalue weighted by Crippen LogP contribution is -2.38. The number of sulfonamides is 1. The Bertz CT molecular complexity index is 777. The van der Waals surface area contributed by atoms with Gasteiger partial charge in [-0.2, -0.15) is 4.31 Å². The third-order valence-corrected chi connectivity index (χ3v) is 5.43. The summed E-state index contributed by atoms with van der Waals surface area (Å²) in [4.78, 5) is 4.15. The first-order valence-electron chi connectivity index (χ1n) is 6.45. The molecular weight excluding hydrogens is 295 g/mol. The normalized spacial score (nSPS) is 15.9. The highest BCUT2D eigenvalue weighted by molar-refractivity contribution is 7.89. The van der Waals surface area contributed by atoms with Crippen molar-refractivity contribution in [2.45, 2.75) is 24.9 Å². The Hall–Kier alpha value is -1.93. The third-order valence-electron chi connectivity index (χ3n) is 3.60. The largest absolute Gasteiger partial charge is 0.396 e. The van der Waals surface area contributed by atoms with Gasteiger partial charge in [0.2, 0.25) is 10.0 Å². The van der Waals surface area contributed by atoms with Crippen LogP contribution in [0.15, 0.2) is 29.4 Å². The number of rotatable bonds is 2. The molecule has 3 rings (SSSR count). The fourth-order valence-electron chi connectivity index (χ4n) is 2.42. The molecule has 1 aromatic heterocycles. The van der Waals surface area contributed by atoms with Crippen LogP contribution in [0.1, 0.15) is 11.4 Å². The van der Waals surface area contributed by atoms with Gasteiger partial charge in [0.15, 0.2) is 0 Å². The van der Waals surface area contributed by atoms with Gasteiger partial charge in [-0.05, 0) is 24.6 Å². The Balaban J connectivity index is 1.98. The lowest BCUT2D eigenvalue weighted by molar-refractivity contribution is 0.335. The van der Waals surface area contributed by atoms with Crippen molar-refractivity contribution in [2.75, 3.05) is 12.3 Å². The number of halogens is 1. The van der Waals surface area contributed by atoms with E-state index in [9.17, 15) is 12.8 Å². The molecule has 6 nitrogen and oxygen atoms in total. The molecule has 2 N–H and O–H groups in total. The number of hydrogen-bond donors (Lipinski definition) is 1. The summed E-state index contributed by atoms with van der Waals surface area (Å²) in [5.74, 6) is 0.111. The highest BCUT2D eigenvalue weighted by Crippen LogP contribution is 2.25. The molecule has 1 aromatic carbocycles. The Morgan fingerprint density at radius 3 is 2.81 bits per heavy atom. The molecule has 0 bridgehead atoms. The van der Waals surface area contributed by atoms with Crippen LogP contribution in [-0.4, -0.2) is 28.8 Å². The van der Waals surface area contributed by atoms with Crippen molar-refractivity contribution in [1.82, 2.24) is 13.9 Å². The van der Waals surface area contributed by atoms with E-state index in [1.54, 1.807) is 6.20 Å². The molecule has 0 unspecified atom stereocenters. The molecule has 0 amide bonds. The lowest BCUT2D eigenvalue weighted by atomic mass is 10.2. The minimum Gasteiger partial charge on any atom is -0.396 e. The second kappa shape index (κ2) is 4.81. The zero-order chi connectivity index (χ0) is 15.2. The first kappa shape index (κ1) is 14.0. The average molecular weight is 310 g/mol. The van der Waals surface area contributed by atoms with Gasteiger partial charge in [0.25, 0.3) is 0 Å². The zero-order valence-electron chi connectivity index (χ0n) is 11.5. The molecule has 0 fully saturated rings. The molecule has 0 atom stereocenters. The van der Waals surface area contributed by atoms with Crippen LogP contribution in [0.25, 0.3) is 0 Å². The fourth-order valence-corrected chi connectivity index (χ4v) is 3.92. The number of aryl methyl sites for hydroxylation is 1. The van der Waals surface area contributed by atoms with Crippen molar-refractivity contribution < 1.29 is 12.8 Å². The maximum atomic E-state index is 13.5. The van der Waals surface area contributed by atoms with E-state index in [2.05, 4.69) is 4.98 Å². The number of anilines is 1. The summed E-state index contributed by atoms with van der Waals surface area (Å²) < 4.78 is 42.1. The number of hydrogen-bond acceptors (Lipinski definition) is 4. The number of benzene rings is 1. The predicted molar refractivity (Wildman–Crippen MR) is 75.4 cm³/mol. The quantitative estimate of drug-likeness (QED) is 0.843. The SMILES string of the molecule is Cc1cc(S(=O)(=O)N2CCn3ccnc3C2)cc(N)c1F. The molecule has 1 aliphatic rings. The van der Waals surface area contributed by atoms with Gasteiger partial charge in [-0.15, -0.1) is 0 Å². The Kier molecular flexibility index (Phi) is 3.22. The predicted octanol–water partition coefficient (Wildman–Crippen LogP) is 1.12. The summed E-state index contributed by atoms with van der Waals surface area (Å²) in [5.41, 5.74) is 5.59. The Morgan fingerprint density at radius 1 is 1.33 bits per heavy atom. The smallest absolute Gasteiger partial charge is 0.243 e. The summed E-state index contributed by atoms with van der Waals surface area (Å²) >= 11 is 0. The van der Waals surface area contributed by atoms with E-state index >= 15 is 0 Å². The molecular formula is C13H15FN4O2S. The van der Waals surface area contributed by atoms with E-state index < -0.39 is 15.8 Å². The average Bonchev–Trinajstić information content (AvgIpc) is 2.91. The first-order valence-corrected chi connectivity index (χ1v) is 7.89. The second-order valence-corrected chi connectivity index (χ2v) is 6.96. The maximum Gasteiger partial charge on any atom is 0.243 e. The molecule has 2 aromatic rings. The number of nitrogen functional groups attached to an aromatic ring is 1. The second-order valence-electron chi connectivity index (χ2n) is 5.02. The number of fused-ring (bicyclic) bond motifs is 1. The topological polar surface area (TPSA) is 81.2 Å². The van der Waals surface area contributed by atoms with Crippen LogP contribution in [-0.2, 0) is 23.1 Å². The Labute approximate surface area is 122 Å². The number of aromatic nitrogens is 2. The number of imidazole rings is 1. The van der Waals surface area contributed by atoms with Crippen LogP contribution >= 0.6 is 0 Å². The van der Waals surface area contributed by atoms with E-state index in [1.807, 2.05) is 10.8 Å². The van der Waals surface area contributed by atoms with E-state index in [-0.39, 0.29) is 22.7 Å². The van der Waals surface area contributed by atoms with Gasteiger partial charge in [-0.25, -0.2) is 17.8 Å². The van der Waals surface area contributed by atoms with E-state index in [4.69, 9.17) is 5.73 Å². The van der Waals surface area contributed by atoms with Gasteiger partial charge in [0.05, 0.1) is 17.1 Å². The van der Waals surface area contributed by atoms with E-state index in [0.29, 0.717) is 18.9 Å². The molecule has 21 heavy (non-hydrogen) atoms. The summed E-state index contributed by atoms with van der Waals surface area (Å²) in [6.07, 6.45) is 3.46. The van der Waals surface area contributed by atoms with Gasteiger partial charge in [0, 0.05) is 25.5 Å². The first-order chi connectivity index (χ1) is 9.89. The van der Waals surface area contributed by atoms with Crippen LogP contribution in [0.4, 0.5) is 10.1 Å². The summed E-state index contributed by atoms with van der Waals surface area (Å²) in [5, 5.41) is 0. The zero-order valence-corrected chi connectivity index (χ0v) is 12.3. The summed E-state index contributed by atoms with van der Waals surface area (Å²) in [7, 11) is -3.71. The Morgan fingerprint density at radius 2 is 2.10 bits per heavy atom. The summed E-state index contributed by atoms with van der Waals surface area (Å²) in [6.45, 7) is 2.59. The van der Waals surface area contributed by atoms with Gasteiger partial charge in [-0.1, -0.05) is 0 Å². The molecule has 0 radical (unpaired) electrons. The molecule has 112 valence electrons. The van der Waals surface area contributed by atoms with Crippen molar-refractivity contribution in [3.05, 3.63) is 41.7 Å². The molecule has 0 spiro atoms. The van der Waals surface area contributed by atoms with E-state index in [1.165, 1.54) is 23.4 Å². The van der Waals surface area contributed by atoms with Crippen molar-refractivity contribution >= 4 is 15.7 Å². The van der Waals surface area contributed by atoms with Crippen LogP contribution in [0, 0.1) is 12.7 Å². The highest BCUT2D eigenvalue weighted by Gasteiger charge is 2.29. The van der Waals surface area contributed by atoms with Gasteiger partial charge < -0.3 is 10.3 Å². The van der Waals surface area contributed by atoms with Gasteiger partial charge in [0.1, 0.15) is 11.6 Å². The fraction of sp³-hybridized carbons (Fsp3) is 0.308. The number of nitrogens with two attached hydrogens (primary N) is 1. The molecule has 8 heteroatoms. The molecule has 0 saturated carbocycles. The molecule has 0 aliphatic carbocycles. The monoisotopic (exact) mass is 310 g/mol. The van der Waals surface area contributed by atoms with Crippen molar-refractivity contribution in [2.24, 2.45) is 0 Å². The van der Waals surface area contributed by atoms with Crippen molar-refractivity contribution in [3.63, 3.8) is 0 Å². The molecule has 2 heterocycles. The van der Waals surface area contributed by atoms with Crippen LogP contribution in [0.2, 0.25) is 0 Å². The summed E-state index contributed by atoms with van der Waals surface area (Å²) in [6, 6.07) is 2.47. The molecule has 1 aliphatic heterocycles. The van der Waals surface area contributed by atoms with Crippen molar-refractivity contribution in [1.29, 1.82) is 0 Å². The third kappa shape index (κ3) is 2.30. The highest BCUT2D eigenvalue weighted by atomic mass is 32.2. The van der Waals surface area contributed by atoms with Gasteiger partial charge in [-0.3, -0.25) is 0 Å². The van der Waals surface area contributed by atoms with Crippen LogP contribution < -0.4 is 5.73 Å². The minimum atomic E-state index is -3.71. The maximum absolute atomic E-state index is 13.5. The van der Waals surface area contributed by atoms with Gasteiger partial charge >= 0.3 is 0 Å². The van der Waals surface area contributed by atoms with Crippen LogP contribution in [0.5, 0.6) is 0 Å². The lowest BCUT2D eigenvalue weighted by Gasteiger charge is -2.27. The molecule has 0 saturated heterocycles. The van der Waals surface area contributed by atoms with E-state index in [0.717, 1.165) is 0 Å². The standard InChI is InChI=1S/C13H15FN4O2S/c1-9-6-10(7-11(15)13(9)14)21(19,20)18-5-4-17-3-2-16-12(17)8-18/h2-3,6-7H,4-5,8,15H2,1H3. The minimum absolute atomic E-state index is 0.0129. The van der Waals surface area contributed by atoms with Crippen LogP contribution in [0.3, 0.4) is 0 Å². The van der Waals surface area contributed by atoms with Crippen molar-refractivity contribution in [3.8, 4) is 0 Å². The number of nitrogens with zero attached hydrogens (tertiary/aromatic N) is 3.